The van der Waals surface area contributed by atoms with Gasteiger partial charge >= 0.3 is 12.0 Å². The van der Waals surface area contributed by atoms with Gasteiger partial charge in [0.1, 0.15) is 16.3 Å². The molecule has 0 saturated carbocycles. The van der Waals surface area contributed by atoms with E-state index in [0.717, 1.165) is 16.9 Å². The molecule has 30 heavy (non-hydrogen) atoms. The molecule has 0 bridgehead atoms. The maximum absolute atomic E-state index is 12.4. The molecule has 0 unspecified atom stereocenters. The average molecular weight is 426 g/mol. The van der Waals surface area contributed by atoms with Crippen LogP contribution >= 0.6 is 11.3 Å². The molecule has 2 amide bonds. The number of hydrogen-bond donors (Lipinski definition) is 2. The van der Waals surface area contributed by atoms with E-state index in [4.69, 9.17) is 4.74 Å². The molecule has 156 valence electrons. The van der Waals surface area contributed by atoms with Gasteiger partial charge in [0.05, 0.1) is 12.1 Å². The van der Waals surface area contributed by atoms with Crippen molar-refractivity contribution in [1.82, 2.24) is 4.98 Å². The van der Waals surface area contributed by atoms with E-state index in [1.165, 1.54) is 7.11 Å². The van der Waals surface area contributed by atoms with E-state index in [-0.39, 0.29) is 11.3 Å². The normalized spacial score (nSPS) is 10.9. The fourth-order valence-electron chi connectivity index (χ4n) is 2.73. The summed E-state index contributed by atoms with van der Waals surface area (Å²) in [6.45, 7) is 6.30. The number of pyridine rings is 1. The summed E-state index contributed by atoms with van der Waals surface area (Å²) in [6.07, 6.45) is 1.60. The van der Waals surface area contributed by atoms with E-state index in [9.17, 15) is 9.59 Å². The van der Waals surface area contributed by atoms with Crippen LogP contribution in [0.2, 0.25) is 0 Å². The molecule has 0 spiro atoms. The van der Waals surface area contributed by atoms with Crippen LogP contribution in [0.3, 0.4) is 0 Å². The van der Waals surface area contributed by atoms with Gasteiger partial charge in [-0.2, -0.15) is 0 Å². The summed E-state index contributed by atoms with van der Waals surface area (Å²) in [4.78, 5) is 28.7. The van der Waals surface area contributed by atoms with Gasteiger partial charge in [0, 0.05) is 11.8 Å². The number of para-hydroxylation sites is 1. The number of thiophene rings is 1. The predicted octanol–water partition coefficient (Wildman–Crippen LogP) is 5.66. The standard InChI is InChI=1S/C22H23N3O4S/c1-22(2,3)14-8-5-6-10-16(14)29-19-15(9-7-13-23-19)24-21(27)25-18-12-11-17(30-18)20(26)28-4/h5-13H,1-4H3,(H2,24,25,27). The number of carbonyl (C=O) groups excluding carboxylic acids is 2. The van der Waals surface area contributed by atoms with Crippen LogP contribution in [0.5, 0.6) is 11.6 Å². The number of carbonyl (C=O) groups is 2. The van der Waals surface area contributed by atoms with Crippen LogP contribution in [-0.2, 0) is 10.2 Å². The monoisotopic (exact) mass is 425 g/mol. The number of nitrogens with one attached hydrogen (secondary N) is 2. The molecule has 0 aliphatic heterocycles. The molecular formula is C22H23N3O4S. The molecule has 0 atom stereocenters. The van der Waals surface area contributed by atoms with E-state index in [2.05, 4.69) is 41.1 Å². The summed E-state index contributed by atoms with van der Waals surface area (Å²) in [5, 5.41) is 5.95. The first kappa shape index (κ1) is 21.3. The minimum atomic E-state index is -0.477. The van der Waals surface area contributed by atoms with E-state index in [1.807, 2.05) is 24.3 Å². The van der Waals surface area contributed by atoms with Gasteiger partial charge in [0.15, 0.2) is 0 Å². The van der Waals surface area contributed by atoms with Gasteiger partial charge in [-0.25, -0.2) is 14.6 Å². The van der Waals surface area contributed by atoms with Crippen molar-refractivity contribution in [2.45, 2.75) is 26.2 Å². The topological polar surface area (TPSA) is 89.5 Å². The molecule has 0 aliphatic carbocycles. The number of rotatable bonds is 5. The number of aromatic nitrogens is 1. The highest BCUT2D eigenvalue weighted by Crippen LogP contribution is 2.35. The Morgan fingerprint density at radius 2 is 1.77 bits per heavy atom. The van der Waals surface area contributed by atoms with Crippen molar-refractivity contribution in [3.05, 3.63) is 65.2 Å². The Morgan fingerprint density at radius 3 is 2.50 bits per heavy atom. The molecule has 0 fully saturated rings. The summed E-state index contributed by atoms with van der Waals surface area (Å²) < 4.78 is 10.7. The minimum absolute atomic E-state index is 0.118. The lowest BCUT2D eigenvalue weighted by atomic mass is 9.86. The Kier molecular flexibility index (Phi) is 6.37. The van der Waals surface area contributed by atoms with Crippen LogP contribution in [0, 0.1) is 0 Å². The zero-order valence-corrected chi connectivity index (χ0v) is 18.0. The van der Waals surface area contributed by atoms with Gasteiger partial charge in [-0.05, 0) is 35.7 Å². The van der Waals surface area contributed by atoms with Crippen LogP contribution in [-0.4, -0.2) is 24.1 Å². The zero-order valence-electron chi connectivity index (χ0n) is 17.2. The zero-order chi connectivity index (χ0) is 21.7. The fourth-order valence-corrected chi connectivity index (χ4v) is 3.55. The Labute approximate surface area is 179 Å². The molecule has 0 radical (unpaired) electrons. The molecule has 3 rings (SSSR count). The first-order valence-electron chi connectivity index (χ1n) is 9.26. The number of benzene rings is 1. The van der Waals surface area contributed by atoms with Crippen molar-refractivity contribution in [3.63, 3.8) is 0 Å². The number of anilines is 2. The number of methoxy groups -OCH3 is 1. The summed E-state index contributed by atoms with van der Waals surface area (Å²) in [5.74, 6) is 0.507. The summed E-state index contributed by atoms with van der Waals surface area (Å²) >= 11 is 1.12. The molecule has 2 heterocycles. The number of esters is 1. The van der Waals surface area contributed by atoms with E-state index in [1.54, 1.807) is 30.5 Å². The van der Waals surface area contributed by atoms with Crippen molar-refractivity contribution >= 4 is 34.0 Å². The Morgan fingerprint density at radius 1 is 1.00 bits per heavy atom. The third-order valence-electron chi connectivity index (χ3n) is 4.15. The second-order valence-electron chi connectivity index (χ2n) is 7.44. The summed E-state index contributed by atoms with van der Waals surface area (Å²) in [7, 11) is 1.31. The highest BCUT2D eigenvalue weighted by Gasteiger charge is 2.20. The maximum Gasteiger partial charge on any atom is 0.348 e. The van der Waals surface area contributed by atoms with E-state index in [0.29, 0.717) is 21.3 Å². The third-order valence-corrected chi connectivity index (χ3v) is 5.13. The lowest BCUT2D eigenvalue weighted by molar-refractivity contribution is 0.0606. The number of ether oxygens (including phenoxy) is 2. The van der Waals surface area contributed by atoms with Crippen LogP contribution in [0.15, 0.2) is 54.7 Å². The van der Waals surface area contributed by atoms with Gasteiger partial charge in [0.2, 0.25) is 5.88 Å². The van der Waals surface area contributed by atoms with Crippen LogP contribution < -0.4 is 15.4 Å². The predicted molar refractivity (Wildman–Crippen MR) is 118 cm³/mol. The molecule has 0 saturated heterocycles. The van der Waals surface area contributed by atoms with Crippen molar-refractivity contribution in [1.29, 1.82) is 0 Å². The summed E-state index contributed by atoms with van der Waals surface area (Å²) in [5.41, 5.74) is 1.33. The number of urea groups is 1. The van der Waals surface area contributed by atoms with Gasteiger partial charge in [-0.3, -0.25) is 5.32 Å². The molecule has 3 aromatic rings. The van der Waals surface area contributed by atoms with Gasteiger partial charge in [0.25, 0.3) is 0 Å². The lowest BCUT2D eigenvalue weighted by Crippen LogP contribution is -2.19. The second-order valence-corrected chi connectivity index (χ2v) is 8.52. The molecule has 1 aromatic carbocycles. The van der Waals surface area contributed by atoms with Crippen LogP contribution in [0.1, 0.15) is 36.0 Å². The van der Waals surface area contributed by atoms with Gasteiger partial charge < -0.3 is 14.8 Å². The maximum atomic E-state index is 12.4. The van der Waals surface area contributed by atoms with Crippen molar-refractivity contribution in [3.8, 4) is 11.6 Å². The van der Waals surface area contributed by atoms with E-state index >= 15 is 0 Å². The quantitative estimate of drug-likeness (QED) is 0.515. The largest absolute Gasteiger partial charge is 0.465 e. The fraction of sp³-hybridized carbons (Fsp3) is 0.227. The molecule has 7 nitrogen and oxygen atoms in total. The van der Waals surface area contributed by atoms with Crippen molar-refractivity contribution < 1.29 is 19.1 Å². The van der Waals surface area contributed by atoms with Gasteiger partial charge in [-0.15, -0.1) is 11.3 Å². The lowest BCUT2D eigenvalue weighted by Gasteiger charge is -2.22. The number of hydrogen-bond acceptors (Lipinski definition) is 6. The van der Waals surface area contributed by atoms with Crippen LogP contribution in [0.25, 0.3) is 0 Å². The van der Waals surface area contributed by atoms with Crippen molar-refractivity contribution in [2.75, 3.05) is 17.7 Å². The molecule has 2 N–H and O–H groups in total. The minimum Gasteiger partial charge on any atom is -0.465 e. The van der Waals surface area contributed by atoms with Crippen LogP contribution in [0.4, 0.5) is 15.5 Å². The first-order chi connectivity index (χ1) is 14.3. The molecule has 8 heteroatoms. The SMILES string of the molecule is COC(=O)c1ccc(NC(=O)Nc2cccnc2Oc2ccccc2C(C)(C)C)s1. The number of nitrogens with zero attached hydrogens (tertiary/aromatic N) is 1. The van der Waals surface area contributed by atoms with Gasteiger partial charge in [-0.1, -0.05) is 39.0 Å². The van der Waals surface area contributed by atoms with Crippen molar-refractivity contribution in [2.24, 2.45) is 0 Å². The Balaban J connectivity index is 1.75. The second kappa shape index (κ2) is 8.96. The average Bonchev–Trinajstić information content (AvgIpc) is 3.17. The molecular weight excluding hydrogens is 402 g/mol. The molecule has 0 aliphatic rings. The highest BCUT2D eigenvalue weighted by molar-refractivity contribution is 7.18. The molecule has 2 aromatic heterocycles. The smallest absolute Gasteiger partial charge is 0.348 e. The Hall–Kier alpha value is -3.39. The van der Waals surface area contributed by atoms with E-state index < -0.39 is 12.0 Å². The third kappa shape index (κ3) is 5.15. The Bertz CT molecular complexity index is 1060. The first-order valence-corrected chi connectivity index (χ1v) is 10.1. The number of amides is 2. The highest BCUT2D eigenvalue weighted by atomic mass is 32.1. The summed E-state index contributed by atoms with van der Waals surface area (Å²) in [6, 6.07) is 13.9.